The highest BCUT2D eigenvalue weighted by molar-refractivity contribution is 5.96. The number of amides is 1. The van der Waals surface area contributed by atoms with Gasteiger partial charge in [0.05, 0.1) is 5.92 Å². The van der Waals surface area contributed by atoms with Gasteiger partial charge in [-0.05, 0) is 37.1 Å². The lowest BCUT2D eigenvalue weighted by Crippen LogP contribution is -2.38. The molecule has 0 saturated heterocycles. The number of rotatable bonds is 5. The number of carboxylic acids is 1. The molecule has 3 rings (SSSR count). The lowest BCUT2D eigenvalue weighted by molar-refractivity contribution is -0.141. The van der Waals surface area contributed by atoms with Crippen molar-refractivity contribution in [3.63, 3.8) is 0 Å². The summed E-state index contributed by atoms with van der Waals surface area (Å²) in [6.45, 7) is 1.71. The Morgan fingerprint density at radius 2 is 2.14 bits per heavy atom. The van der Waals surface area contributed by atoms with Crippen molar-refractivity contribution in [1.29, 1.82) is 0 Å². The van der Waals surface area contributed by atoms with Crippen LogP contribution in [0, 0.1) is 11.7 Å². The van der Waals surface area contributed by atoms with Crippen LogP contribution in [0.5, 0.6) is 0 Å². The molecule has 2 aromatic rings. The fourth-order valence-corrected chi connectivity index (χ4v) is 2.42. The van der Waals surface area contributed by atoms with Gasteiger partial charge >= 0.3 is 5.97 Å². The summed E-state index contributed by atoms with van der Waals surface area (Å²) in [4.78, 5) is 25.1. The molecule has 1 aromatic carbocycles. The van der Waals surface area contributed by atoms with Crippen LogP contribution in [0.2, 0.25) is 0 Å². The summed E-state index contributed by atoms with van der Waals surface area (Å²) in [5.41, 5.74) is 0.437. The van der Waals surface area contributed by atoms with Gasteiger partial charge in [0.15, 0.2) is 5.76 Å². The molecule has 1 aromatic heterocycles. The van der Waals surface area contributed by atoms with Crippen molar-refractivity contribution in [2.75, 3.05) is 6.54 Å². The van der Waals surface area contributed by atoms with E-state index < -0.39 is 17.7 Å². The number of fused-ring (bicyclic) bond motifs is 1. The van der Waals surface area contributed by atoms with Crippen molar-refractivity contribution in [2.45, 2.75) is 25.8 Å². The molecule has 1 aliphatic rings. The van der Waals surface area contributed by atoms with Gasteiger partial charge in [0.1, 0.15) is 11.4 Å². The summed E-state index contributed by atoms with van der Waals surface area (Å²) in [7, 11) is 0. The van der Waals surface area contributed by atoms with Crippen LogP contribution in [0.25, 0.3) is 11.0 Å². The van der Waals surface area contributed by atoms with Crippen LogP contribution in [-0.4, -0.2) is 34.5 Å². The van der Waals surface area contributed by atoms with Gasteiger partial charge in [0, 0.05) is 18.0 Å². The quantitative estimate of drug-likeness (QED) is 0.922. The SMILES string of the molecule is C[C@@H](CN(C(=O)c1cc2cc(F)ccc2o1)C1CC1)C(=O)O. The minimum Gasteiger partial charge on any atom is -0.481 e. The first-order valence-electron chi connectivity index (χ1n) is 7.18. The third kappa shape index (κ3) is 2.81. The third-order valence-electron chi connectivity index (χ3n) is 3.83. The summed E-state index contributed by atoms with van der Waals surface area (Å²) in [6, 6.07) is 5.62. The first kappa shape index (κ1) is 14.6. The van der Waals surface area contributed by atoms with Crippen molar-refractivity contribution in [3.05, 3.63) is 35.8 Å². The predicted octanol–water partition coefficient (Wildman–Crippen LogP) is 2.90. The van der Waals surface area contributed by atoms with Gasteiger partial charge < -0.3 is 14.4 Å². The molecule has 1 aliphatic carbocycles. The van der Waals surface area contributed by atoms with Gasteiger partial charge in [-0.25, -0.2) is 4.39 Å². The largest absolute Gasteiger partial charge is 0.481 e. The van der Waals surface area contributed by atoms with Gasteiger partial charge in [-0.3, -0.25) is 9.59 Å². The number of halogens is 1. The molecule has 1 amide bonds. The van der Waals surface area contributed by atoms with E-state index in [0.717, 1.165) is 12.8 Å². The second-order valence-electron chi connectivity index (χ2n) is 5.72. The molecular formula is C16H16FNO4. The van der Waals surface area contributed by atoms with Gasteiger partial charge in [-0.15, -0.1) is 0 Å². The third-order valence-corrected chi connectivity index (χ3v) is 3.83. The van der Waals surface area contributed by atoms with E-state index in [1.807, 2.05) is 0 Å². The number of hydrogen-bond acceptors (Lipinski definition) is 3. The van der Waals surface area contributed by atoms with Crippen molar-refractivity contribution in [3.8, 4) is 0 Å². The Labute approximate surface area is 126 Å². The smallest absolute Gasteiger partial charge is 0.308 e. The van der Waals surface area contributed by atoms with Crippen LogP contribution in [0.1, 0.15) is 30.3 Å². The minimum absolute atomic E-state index is 0.0687. The number of aliphatic carboxylic acids is 1. The summed E-state index contributed by atoms with van der Waals surface area (Å²) in [5, 5.41) is 9.55. The summed E-state index contributed by atoms with van der Waals surface area (Å²) >= 11 is 0. The van der Waals surface area contributed by atoms with Crippen molar-refractivity contribution < 1.29 is 23.5 Å². The van der Waals surface area contributed by atoms with E-state index in [2.05, 4.69) is 0 Å². The Bertz CT molecular complexity index is 735. The Morgan fingerprint density at radius 3 is 2.77 bits per heavy atom. The standard InChI is InChI=1S/C16H16FNO4/c1-9(16(20)21)8-18(12-3-4-12)15(19)14-7-10-6-11(17)2-5-13(10)22-14/h2,5-7,9,12H,3-4,8H2,1H3,(H,20,21)/t9-/m0/s1. The molecule has 6 heteroatoms. The van der Waals surface area contributed by atoms with Crippen LogP contribution < -0.4 is 0 Å². The molecule has 116 valence electrons. The van der Waals surface area contributed by atoms with Crippen LogP contribution in [0.4, 0.5) is 4.39 Å². The van der Waals surface area contributed by atoms with E-state index in [1.165, 1.54) is 24.3 Å². The maximum atomic E-state index is 13.2. The number of carbonyl (C=O) groups is 2. The van der Waals surface area contributed by atoms with Crippen LogP contribution in [-0.2, 0) is 4.79 Å². The van der Waals surface area contributed by atoms with Crippen molar-refractivity contribution in [1.82, 2.24) is 4.90 Å². The zero-order valence-electron chi connectivity index (χ0n) is 12.1. The Morgan fingerprint density at radius 1 is 1.41 bits per heavy atom. The fraction of sp³-hybridized carbons (Fsp3) is 0.375. The van der Waals surface area contributed by atoms with Gasteiger partial charge in [0.25, 0.3) is 5.91 Å². The Hall–Kier alpha value is -2.37. The summed E-state index contributed by atoms with van der Waals surface area (Å²) in [5.74, 6) is -2.21. The second-order valence-corrected chi connectivity index (χ2v) is 5.72. The molecule has 1 N–H and O–H groups in total. The normalized spacial score (nSPS) is 15.7. The molecule has 1 fully saturated rings. The van der Waals surface area contributed by atoms with Crippen molar-refractivity contribution >= 4 is 22.8 Å². The molecule has 1 atom stereocenters. The average molecular weight is 305 g/mol. The summed E-state index contributed by atoms with van der Waals surface area (Å²) in [6.07, 6.45) is 1.74. The number of nitrogens with zero attached hydrogens (tertiary/aromatic N) is 1. The summed E-state index contributed by atoms with van der Waals surface area (Å²) < 4.78 is 18.7. The predicted molar refractivity (Wildman–Crippen MR) is 77.0 cm³/mol. The maximum absolute atomic E-state index is 13.2. The van der Waals surface area contributed by atoms with Gasteiger partial charge in [-0.1, -0.05) is 6.92 Å². The number of furan rings is 1. The van der Waals surface area contributed by atoms with Crippen LogP contribution in [0.15, 0.2) is 28.7 Å². The lowest BCUT2D eigenvalue weighted by atomic mass is 10.1. The van der Waals surface area contributed by atoms with Crippen LogP contribution in [0.3, 0.4) is 0 Å². The Kier molecular flexibility index (Phi) is 3.60. The monoisotopic (exact) mass is 305 g/mol. The van der Waals surface area contributed by atoms with Crippen LogP contribution >= 0.6 is 0 Å². The second kappa shape index (κ2) is 5.44. The van der Waals surface area contributed by atoms with E-state index in [0.29, 0.717) is 11.0 Å². The average Bonchev–Trinajstić information content (AvgIpc) is 3.22. The van der Waals surface area contributed by atoms with E-state index >= 15 is 0 Å². The zero-order chi connectivity index (χ0) is 15.9. The molecule has 5 nitrogen and oxygen atoms in total. The number of carbonyl (C=O) groups excluding carboxylic acids is 1. The number of carboxylic acid groups (broad SMARTS) is 1. The number of benzene rings is 1. The maximum Gasteiger partial charge on any atom is 0.308 e. The molecule has 1 saturated carbocycles. The zero-order valence-corrected chi connectivity index (χ0v) is 12.1. The molecule has 0 bridgehead atoms. The molecular weight excluding hydrogens is 289 g/mol. The molecule has 0 aliphatic heterocycles. The van der Waals surface area contributed by atoms with E-state index in [9.17, 15) is 14.0 Å². The number of hydrogen-bond donors (Lipinski definition) is 1. The highest BCUT2D eigenvalue weighted by Gasteiger charge is 2.36. The molecule has 22 heavy (non-hydrogen) atoms. The van der Waals surface area contributed by atoms with Gasteiger partial charge in [-0.2, -0.15) is 0 Å². The molecule has 1 heterocycles. The Balaban J connectivity index is 1.86. The molecule has 0 radical (unpaired) electrons. The van der Waals surface area contributed by atoms with E-state index in [-0.39, 0.29) is 24.3 Å². The highest BCUT2D eigenvalue weighted by Crippen LogP contribution is 2.30. The van der Waals surface area contributed by atoms with E-state index in [1.54, 1.807) is 11.8 Å². The molecule has 0 unspecified atom stereocenters. The topological polar surface area (TPSA) is 70.8 Å². The minimum atomic E-state index is -0.940. The van der Waals surface area contributed by atoms with Gasteiger partial charge in [0.2, 0.25) is 0 Å². The first-order chi connectivity index (χ1) is 10.5. The first-order valence-corrected chi connectivity index (χ1v) is 7.18. The fourth-order valence-electron chi connectivity index (χ4n) is 2.42. The lowest BCUT2D eigenvalue weighted by Gasteiger charge is -2.23. The highest BCUT2D eigenvalue weighted by atomic mass is 19.1. The van der Waals surface area contributed by atoms with E-state index in [4.69, 9.17) is 9.52 Å². The van der Waals surface area contributed by atoms with Crippen molar-refractivity contribution in [2.24, 2.45) is 5.92 Å². The molecule has 0 spiro atoms.